The maximum absolute atomic E-state index is 12.4. The summed E-state index contributed by atoms with van der Waals surface area (Å²) >= 11 is 3.97. The van der Waals surface area contributed by atoms with Gasteiger partial charge in [0.25, 0.3) is 0 Å². The van der Waals surface area contributed by atoms with E-state index in [1.165, 1.54) is 0 Å². The maximum atomic E-state index is 12.4. The fourth-order valence-corrected chi connectivity index (χ4v) is 9.90. The van der Waals surface area contributed by atoms with Crippen LogP contribution < -0.4 is 0 Å². The zero-order valence-electron chi connectivity index (χ0n) is 11.7. The van der Waals surface area contributed by atoms with E-state index in [0.717, 1.165) is 0 Å². The highest BCUT2D eigenvalue weighted by atomic mass is 79.9. The monoisotopic (exact) mass is 370 g/mol. The van der Waals surface area contributed by atoms with Crippen molar-refractivity contribution in [1.29, 1.82) is 0 Å². The molecule has 0 unspecified atom stereocenters. The molecule has 2 aliphatic heterocycles. The summed E-state index contributed by atoms with van der Waals surface area (Å²) < 4.78 is 24.2. The maximum Gasteiger partial charge on any atom is 0.315 e. The van der Waals surface area contributed by atoms with E-state index in [2.05, 4.69) is 15.9 Å². The molecule has 6 saturated carbocycles. The zero-order valence-corrected chi connectivity index (χ0v) is 13.2. The van der Waals surface area contributed by atoms with Crippen LogP contribution in [-0.2, 0) is 23.7 Å². The van der Waals surface area contributed by atoms with Crippen molar-refractivity contribution in [3.63, 3.8) is 0 Å². The van der Waals surface area contributed by atoms with Crippen LogP contribution in [0.25, 0.3) is 0 Å². The highest BCUT2D eigenvalue weighted by molar-refractivity contribution is 9.10. The van der Waals surface area contributed by atoms with Gasteiger partial charge in [0.15, 0.2) is 11.6 Å². The molecule has 0 radical (unpaired) electrons. The molecule has 118 valence electrons. The SMILES string of the molecule is O=C(O)[C@@]12[C@@H]3[C@@H]4[C@@H]1[C@H]1[C@@H]([C@@H]3[C@@]4(Br)C13OCCO3)C21OCCO1. The number of halogens is 1. The summed E-state index contributed by atoms with van der Waals surface area (Å²) in [7, 11) is 0. The molecule has 6 nitrogen and oxygen atoms in total. The number of hydrogen-bond acceptors (Lipinski definition) is 5. The summed E-state index contributed by atoms with van der Waals surface area (Å²) in [6, 6.07) is 0. The van der Waals surface area contributed by atoms with Crippen molar-refractivity contribution < 1.29 is 28.8 Å². The van der Waals surface area contributed by atoms with Gasteiger partial charge in [-0.3, -0.25) is 4.79 Å². The first-order valence-corrected chi connectivity index (χ1v) is 8.86. The Hall–Kier alpha value is -0.210. The Morgan fingerprint density at radius 1 is 0.818 bits per heavy atom. The van der Waals surface area contributed by atoms with Crippen molar-refractivity contribution in [3.05, 3.63) is 0 Å². The molecule has 2 heterocycles. The molecule has 2 spiro atoms. The van der Waals surface area contributed by atoms with Crippen LogP contribution in [0, 0.1) is 40.9 Å². The minimum Gasteiger partial charge on any atom is -0.481 e. The van der Waals surface area contributed by atoms with Crippen LogP contribution in [0.2, 0.25) is 0 Å². The number of alkyl halides is 1. The molecule has 0 amide bonds. The predicted octanol–water partition coefficient (Wildman–Crippen LogP) is 0.442. The lowest BCUT2D eigenvalue weighted by Crippen LogP contribution is -2.77. The second-order valence-electron chi connectivity index (χ2n) is 7.83. The van der Waals surface area contributed by atoms with Gasteiger partial charge in [-0.15, -0.1) is 0 Å². The number of rotatable bonds is 1. The molecule has 0 aromatic rings. The van der Waals surface area contributed by atoms with E-state index in [4.69, 9.17) is 18.9 Å². The molecule has 8 rings (SSSR count). The van der Waals surface area contributed by atoms with Crippen LogP contribution in [0.3, 0.4) is 0 Å². The minimum atomic E-state index is -0.950. The first-order chi connectivity index (χ1) is 10.6. The van der Waals surface area contributed by atoms with E-state index in [9.17, 15) is 9.90 Å². The fourth-order valence-electron chi connectivity index (χ4n) is 8.27. The molecule has 22 heavy (non-hydrogen) atoms. The summed E-state index contributed by atoms with van der Waals surface area (Å²) in [5.41, 5.74) is -0.885. The number of carboxylic acids is 1. The average molecular weight is 371 g/mol. The summed E-state index contributed by atoms with van der Waals surface area (Å²) in [5, 5.41) is 10.1. The van der Waals surface area contributed by atoms with E-state index < -0.39 is 23.0 Å². The van der Waals surface area contributed by atoms with E-state index in [0.29, 0.717) is 32.3 Å². The third-order valence-corrected chi connectivity index (χ3v) is 9.73. The fraction of sp³-hybridized carbons (Fsp3) is 0.933. The number of ether oxygens (including phenoxy) is 4. The van der Waals surface area contributed by atoms with Gasteiger partial charge >= 0.3 is 5.97 Å². The average Bonchev–Trinajstić information content (AvgIpc) is 3.23. The Balaban J connectivity index is 1.54. The van der Waals surface area contributed by atoms with Crippen LogP contribution in [-0.4, -0.2) is 53.4 Å². The molecule has 1 N–H and O–H groups in total. The van der Waals surface area contributed by atoms with Crippen molar-refractivity contribution in [2.75, 3.05) is 26.4 Å². The Morgan fingerprint density at radius 2 is 1.27 bits per heavy atom. The third-order valence-electron chi connectivity index (χ3n) is 8.12. The second-order valence-corrected chi connectivity index (χ2v) is 9.14. The van der Waals surface area contributed by atoms with Gasteiger partial charge in [-0.1, -0.05) is 15.9 Å². The van der Waals surface area contributed by atoms with E-state index >= 15 is 0 Å². The van der Waals surface area contributed by atoms with Crippen molar-refractivity contribution in [2.24, 2.45) is 40.9 Å². The lowest BCUT2D eigenvalue weighted by Gasteiger charge is -2.70. The number of aliphatic carboxylic acids is 1. The van der Waals surface area contributed by atoms with Crippen LogP contribution in [0.5, 0.6) is 0 Å². The number of carbonyl (C=O) groups is 1. The lowest BCUT2D eigenvalue weighted by atomic mass is 9.35. The molecule has 4 bridgehead atoms. The molecule has 8 fully saturated rings. The Kier molecular flexibility index (Phi) is 1.62. The molecule has 8 aliphatic rings. The van der Waals surface area contributed by atoms with E-state index in [-0.39, 0.29) is 33.9 Å². The molecular formula is C15H15BrO6. The van der Waals surface area contributed by atoms with Gasteiger partial charge in [0.1, 0.15) is 5.41 Å². The first-order valence-electron chi connectivity index (χ1n) is 8.07. The molecule has 0 aromatic heterocycles. The summed E-state index contributed by atoms with van der Waals surface area (Å²) in [6.07, 6.45) is 0. The molecule has 7 heteroatoms. The van der Waals surface area contributed by atoms with E-state index in [1.54, 1.807) is 0 Å². The molecule has 8 atom stereocenters. The Morgan fingerprint density at radius 3 is 1.86 bits per heavy atom. The van der Waals surface area contributed by atoms with Gasteiger partial charge in [-0.05, 0) is 23.7 Å². The van der Waals surface area contributed by atoms with Crippen LogP contribution >= 0.6 is 15.9 Å². The highest BCUT2D eigenvalue weighted by Crippen LogP contribution is 3.01. The Labute approximate surface area is 134 Å². The van der Waals surface area contributed by atoms with Crippen molar-refractivity contribution >= 4 is 21.9 Å². The van der Waals surface area contributed by atoms with Gasteiger partial charge in [0, 0.05) is 11.8 Å². The predicted molar refractivity (Wildman–Crippen MR) is 71.9 cm³/mol. The highest BCUT2D eigenvalue weighted by Gasteiger charge is 3.10. The third kappa shape index (κ3) is 0.674. The number of carboxylic acid groups (broad SMARTS) is 1. The Bertz CT molecular complexity index is 654. The minimum absolute atomic E-state index is 0.0422. The topological polar surface area (TPSA) is 74.2 Å². The smallest absolute Gasteiger partial charge is 0.315 e. The molecular weight excluding hydrogens is 356 g/mol. The largest absolute Gasteiger partial charge is 0.481 e. The first kappa shape index (κ1) is 12.2. The van der Waals surface area contributed by atoms with Gasteiger partial charge in [0.05, 0.1) is 30.8 Å². The van der Waals surface area contributed by atoms with Gasteiger partial charge in [-0.2, -0.15) is 0 Å². The van der Waals surface area contributed by atoms with Gasteiger partial charge < -0.3 is 24.1 Å². The quantitative estimate of drug-likeness (QED) is 0.675. The summed E-state index contributed by atoms with van der Waals surface area (Å²) in [4.78, 5) is 12.4. The normalized spacial score (nSPS) is 65.5. The van der Waals surface area contributed by atoms with Crippen molar-refractivity contribution in [2.45, 2.75) is 15.9 Å². The van der Waals surface area contributed by atoms with Crippen LogP contribution in [0.4, 0.5) is 0 Å². The summed E-state index contributed by atoms with van der Waals surface area (Å²) in [6.45, 7) is 2.14. The van der Waals surface area contributed by atoms with E-state index in [1.807, 2.05) is 0 Å². The van der Waals surface area contributed by atoms with Gasteiger partial charge in [-0.25, -0.2) is 0 Å². The van der Waals surface area contributed by atoms with Gasteiger partial charge in [0.2, 0.25) is 0 Å². The zero-order chi connectivity index (χ0) is 14.7. The van der Waals surface area contributed by atoms with Crippen LogP contribution in [0.15, 0.2) is 0 Å². The van der Waals surface area contributed by atoms with Crippen molar-refractivity contribution in [3.8, 4) is 0 Å². The van der Waals surface area contributed by atoms with Crippen molar-refractivity contribution in [1.82, 2.24) is 0 Å². The standard InChI is InChI=1S/C15H15BrO6/c16-13-7-5-8(13)10-9(15(13)21-3-4-22-15)6(7)12(5,11(17)18)14(10)19-1-2-20-14/h5-10H,1-4H2,(H,17,18)/t5-,6-,7-,8-,9+,10-,12-,13-/m1/s1. The lowest BCUT2D eigenvalue weighted by molar-refractivity contribution is -0.291. The summed E-state index contributed by atoms with van der Waals surface area (Å²) in [5.74, 6) is -1.49. The number of hydrogen-bond donors (Lipinski definition) is 1. The second kappa shape index (κ2) is 2.92. The molecule has 6 aliphatic carbocycles. The molecule has 2 saturated heterocycles. The van der Waals surface area contributed by atoms with Crippen LogP contribution in [0.1, 0.15) is 0 Å². The molecule has 0 aromatic carbocycles.